The Morgan fingerprint density at radius 3 is 2.22 bits per heavy atom. The molecule has 0 radical (unpaired) electrons. The molecule has 0 amide bonds. The second-order valence-corrected chi connectivity index (χ2v) is 6.70. The van der Waals surface area contributed by atoms with E-state index in [0.717, 1.165) is 44.2 Å². The van der Waals surface area contributed by atoms with Crippen LogP contribution in [0, 0.1) is 0 Å². The molecule has 3 N–H and O–H groups in total. The highest BCUT2D eigenvalue weighted by atomic mass is 15.3. The molecule has 0 atom stereocenters. The minimum absolute atomic E-state index is 0.595. The smallest absolute Gasteiger partial charge is 0.159 e. The van der Waals surface area contributed by atoms with Crippen molar-refractivity contribution in [3.63, 3.8) is 0 Å². The monoisotopic (exact) mass is 360 g/mol. The van der Waals surface area contributed by atoms with Gasteiger partial charge in [0.15, 0.2) is 11.6 Å². The van der Waals surface area contributed by atoms with E-state index in [0.29, 0.717) is 11.5 Å². The molecule has 4 rings (SSSR count). The van der Waals surface area contributed by atoms with Crippen molar-refractivity contribution >= 4 is 23.0 Å². The van der Waals surface area contributed by atoms with E-state index in [2.05, 4.69) is 55.4 Å². The third-order valence-corrected chi connectivity index (χ3v) is 4.82. The molecular formula is C21H24N6. The Morgan fingerprint density at radius 2 is 1.52 bits per heavy atom. The number of nitrogen functional groups attached to an aromatic ring is 1. The molecule has 0 spiro atoms. The van der Waals surface area contributed by atoms with Gasteiger partial charge in [-0.2, -0.15) is 0 Å². The maximum atomic E-state index is 6.38. The fraction of sp³-hybridized carbons (Fsp3) is 0.238. The van der Waals surface area contributed by atoms with Crippen molar-refractivity contribution in [1.82, 2.24) is 14.9 Å². The summed E-state index contributed by atoms with van der Waals surface area (Å²) in [6.07, 6.45) is 1.58. The van der Waals surface area contributed by atoms with Gasteiger partial charge in [0, 0.05) is 38.4 Å². The van der Waals surface area contributed by atoms with Gasteiger partial charge in [-0.3, -0.25) is 4.90 Å². The molecule has 0 saturated carbocycles. The highest BCUT2D eigenvalue weighted by molar-refractivity contribution is 5.78. The molecule has 0 aliphatic carbocycles. The predicted octanol–water partition coefficient (Wildman–Crippen LogP) is 3.12. The first-order valence-corrected chi connectivity index (χ1v) is 9.23. The van der Waals surface area contributed by atoms with Crippen LogP contribution >= 0.6 is 0 Å². The summed E-state index contributed by atoms with van der Waals surface area (Å²) in [6, 6.07) is 20.5. The van der Waals surface area contributed by atoms with E-state index in [1.807, 2.05) is 30.3 Å². The molecule has 138 valence electrons. The van der Waals surface area contributed by atoms with Crippen molar-refractivity contribution in [1.29, 1.82) is 0 Å². The summed E-state index contributed by atoms with van der Waals surface area (Å²) in [4.78, 5) is 13.5. The molecule has 27 heavy (non-hydrogen) atoms. The van der Waals surface area contributed by atoms with Crippen LogP contribution in [0.15, 0.2) is 67.0 Å². The molecule has 2 aromatic carbocycles. The first kappa shape index (κ1) is 17.3. The Morgan fingerprint density at radius 1 is 0.852 bits per heavy atom. The van der Waals surface area contributed by atoms with E-state index < -0.39 is 0 Å². The lowest BCUT2D eigenvalue weighted by atomic mass is 10.2. The van der Waals surface area contributed by atoms with E-state index in [1.54, 1.807) is 6.33 Å². The normalized spacial score (nSPS) is 14.9. The zero-order valence-electron chi connectivity index (χ0n) is 15.3. The second kappa shape index (κ2) is 8.05. The standard InChI is InChI=1S/C21H24N6/c22-19-20(25-18-9-5-2-6-10-18)23-16-24-21(19)27-13-11-26(12-14-27)15-17-7-3-1-4-8-17/h1-10,16H,11-15,22H2,(H,23,24,25). The highest BCUT2D eigenvalue weighted by Crippen LogP contribution is 2.29. The van der Waals surface area contributed by atoms with Gasteiger partial charge in [-0.1, -0.05) is 48.5 Å². The lowest BCUT2D eigenvalue weighted by molar-refractivity contribution is 0.249. The Bertz CT molecular complexity index is 860. The van der Waals surface area contributed by atoms with Gasteiger partial charge >= 0.3 is 0 Å². The number of piperazine rings is 1. The van der Waals surface area contributed by atoms with Crippen LogP contribution < -0.4 is 16.0 Å². The molecule has 3 aromatic rings. The average molecular weight is 360 g/mol. The Labute approximate surface area is 159 Å². The number of aromatic nitrogens is 2. The van der Waals surface area contributed by atoms with Crippen LogP contribution in [0.5, 0.6) is 0 Å². The molecule has 6 nitrogen and oxygen atoms in total. The molecular weight excluding hydrogens is 336 g/mol. The zero-order chi connectivity index (χ0) is 18.5. The average Bonchev–Trinajstić information content (AvgIpc) is 2.72. The molecule has 1 saturated heterocycles. The summed E-state index contributed by atoms with van der Waals surface area (Å²) in [5.41, 5.74) is 9.28. The summed E-state index contributed by atoms with van der Waals surface area (Å²) in [7, 11) is 0. The zero-order valence-corrected chi connectivity index (χ0v) is 15.3. The number of benzene rings is 2. The number of para-hydroxylation sites is 1. The second-order valence-electron chi connectivity index (χ2n) is 6.70. The number of anilines is 4. The maximum absolute atomic E-state index is 6.38. The number of rotatable bonds is 5. The lowest BCUT2D eigenvalue weighted by Crippen LogP contribution is -2.46. The Balaban J connectivity index is 1.41. The first-order chi connectivity index (χ1) is 13.3. The predicted molar refractivity (Wildman–Crippen MR) is 110 cm³/mol. The number of nitrogens with one attached hydrogen (secondary N) is 1. The SMILES string of the molecule is Nc1c(Nc2ccccc2)ncnc1N1CCN(Cc2ccccc2)CC1. The van der Waals surface area contributed by atoms with Crippen LogP contribution in [0.25, 0.3) is 0 Å². The van der Waals surface area contributed by atoms with Gasteiger partial charge in [0.25, 0.3) is 0 Å². The molecule has 0 unspecified atom stereocenters. The largest absolute Gasteiger partial charge is 0.393 e. The number of nitrogens with two attached hydrogens (primary N) is 1. The van der Waals surface area contributed by atoms with E-state index in [4.69, 9.17) is 5.73 Å². The summed E-state index contributed by atoms with van der Waals surface area (Å²) in [5.74, 6) is 1.46. The number of hydrogen-bond acceptors (Lipinski definition) is 6. The topological polar surface area (TPSA) is 70.3 Å². The van der Waals surface area contributed by atoms with Gasteiger partial charge in [0.1, 0.15) is 12.0 Å². The molecule has 1 aliphatic rings. The molecule has 6 heteroatoms. The van der Waals surface area contributed by atoms with Gasteiger partial charge < -0.3 is 16.0 Å². The van der Waals surface area contributed by atoms with Crippen molar-refractivity contribution in [2.24, 2.45) is 0 Å². The third kappa shape index (κ3) is 4.17. The van der Waals surface area contributed by atoms with Gasteiger partial charge in [-0.25, -0.2) is 9.97 Å². The van der Waals surface area contributed by atoms with Crippen molar-refractivity contribution < 1.29 is 0 Å². The van der Waals surface area contributed by atoms with Gasteiger partial charge in [0.2, 0.25) is 0 Å². The van der Waals surface area contributed by atoms with Gasteiger partial charge in [-0.15, -0.1) is 0 Å². The number of nitrogens with zero attached hydrogens (tertiary/aromatic N) is 4. The summed E-state index contributed by atoms with van der Waals surface area (Å²) in [5, 5.41) is 3.28. The molecule has 1 aliphatic heterocycles. The summed E-state index contributed by atoms with van der Waals surface area (Å²) in [6.45, 7) is 4.76. The lowest BCUT2D eigenvalue weighted by Gasteiger charge is -2.36. The van der Waals surface area contributed by atoms with Crippen molar-refractivity contribution in [2.45, 2.75) is 6.54 Å². The quantitative estimate of drug-likeness (QED) is 0.728. The van der Waals surface area contributed by atoms with Crippen LogP contribution in [0.1, 0.15) is 5.56 Å². The Kier molecular flexibility index (Phi) is 5.16. The fourth-order valence-electron chi connectivity index (χ4n) is 3.36. The van der Waals surface area contributed by atoms with Crippen LogP contribution in [-0.2, 0) is 6.54 Å². The first-order valence-electron chi connectivity index (χ1n) is 9.23. The molecule has 1 aromatic heterocycles. The maximum Gasteiger partial charge on any atom is 0.159 e. The van der Waals surface area contributed by atoms with Crippen LogP contribution in [0.4, 0.5) is 23.0 Å². The third-order valence-electron chi connectivity index (χ3n) is 4.82. The van der Waals surface area contributed by atoms with Crippen molar-refractivity contribution in [3.05, 3.63) is 72.6 Å². The number of hydrogen-bond donors (Lipinski definition) is 2. The van der Waals surface area contributed by atoms with E-state index in [-0.39, 0.29) is 0 Å². The summed E-state index contributed by atoms with van der Waals surface area (Å²) >= 11 is 0. The van der Waals surface area contributed by atoms with Crippen molar-refractivity contribution in [2.75, 3.05) is 42.1 Å². The minimum Gasteiger partial charge on any atom is -0.393 e. The highest BCUT2D eigenvalue weighted by Gasteiger charge is 2.21. The van der Waals surface area contributed by atoms with Crippen molar-refractivity contribution in [3.8, 4) is 0 Å². The summed E-state index contributed by atoms with van der Waals surface area (Å²) < 4.78 is 0. The van der Waals surface area contributed by atoms with E-state index in [9.17, 15) is 0 Å². The van der Waals surface area contributed by atoms with Crippen LogP contribution in [0.2, 0.25) is 0 Å². The van der Waals surface area contributed by atoms with Gasteiger partial charge in [0.05, 0.1) is 0 Å². The minimum atomic E-state index is 0.595. The molecule has 0 bridgehead atoms. The van der Waals surface area contributed by atoms with E-state index >= 15 is 0 Å². The fourth-order valence-corrected chi connectivity index (χ4v) is 3.36. The molecule has 1 fully saturated rings. The van der Waals surface area contributed by atoms with E-state index in [1.165, 1.54) is 5.56 Å². The van der Waals surface area contributed by atoms with Gasteiger partial charge in [-0.05, 0) is 17.7 Å². The van der Waals surface area contributed by atoms with Crippen LogP contribution in [-0.4, -0.2) is 41.0 Å². The molecule has 2 heterocycles. The Hall–Kier alpha value is -3.12. The van der Waals surface area contributed by atoms with Crippen LogP contribution in [0.3, 0.4) is 0 Å².